The lowest BCUT2D eigenvalue weighted by atomic mass is 9.87. The maximum Gasteiger partial charge on any atom is 0.330 e. The van der Waals surface area contributed by atoms with Crippen LogP contribution in [-0.4, -0.2) is 28.7 Å². The van der Waals surface area contributed by atoms with E-state index >= 15 is 0 Å². The smallest absolute Gasteiger partial charge is 0.330 e. The molecule has 0 saturated heterocycles. The Balaban J connectivity index is 1.88. The standard InChI is InChI=1S/C25H33NO5/c1-17(2)26-15-7-10-22(26)31-24(29)23(18(3)27)21(28)9-8-16-30-20-13-11-19(12-14-20)25(4,5)6/h7,10-15,17,23H,8-9,16H2,1-6H3. The Bertz CT molecular complexity index is 903. The molecule has 31 heavy (non-hydrogen) atoms. The molecule has 1 aromatic carbocycles. The van der Waals surface area contributed by atoms with Gasteiger partial charge < -0.3 is 14.0 Å². The SMILES string of the molecule is CC(=O)C(C(=O)CCCOc1ccc(C(C)(C)C)cc1)C(=O)Oc1cccn1C(C)C. The van der Waals surface area contributed by atoms with E-state index in [1.165, 1.54) is 12.5 Å². The molecule has 0 bridgehead atoms. The number of aromatic nitrogens is 1. The van der Waals surface area contributed by atoms with E-state index in [-0.39, 0.29) is 17.9 Å². The zero-order valence-corrected chi connectivity index (χ0v) is 19.3. The summed E-state index contributed by atoms with van der Waals surface area (Å²) in [6.45, 7) is 11.9. The molecule has 0 radical (unpaired) electrons. The van der Waals surface area contributed by atoms with E-state index in [9.17, 15) is 14.4 Å². The van der Waals surface area contributed by atoms with Crippen LogP contribution in [0.25, 0.3) is 0 Å². The molecule has 1 heterocycles. The van der Waals surface area contributed by atoms with Gasteiger partial charge in [-0.3, -0.25) is 14.4 Å². The Kier molecular flexibility index (Phi) is 8.20. The Labute approximate surface area is 184 Å². The van der Waals surface area contributed by atoms with Gasteiger partial charge in [-0.2, -0.15) is 0 Å². The highest BCUT2D eigenvalue weighted by atomic mass is 16.5. The number of hydrogen-bond donors (Lipinski definition) is 0. The Morgan fingerprint density at radius 2 is 1.68 bits per heavy atom. The number of hydrogen-bond acceptors (Lipinski definition) is 5. The number of carbonyl (C=O) groups is 3. The summed E-state index contributed by atoms with van der Waals surface area (Å²) in [5, 5.41) is 0. The molecule has 0 spiro atoms. The molecule has 1 unspecified atom stereocenters. The third-order valence-corrected chi connectivity index (χ3v) is 5.02. The quantitative estimate of drug-likeness (QED) is 0.306. The van der Waals surface area contributed by atoms with Crippen molar-refractivity contribution >= 4 is 17.5 Å². The minimum atomic E-state index is -1.42. The van der Waals surface area contributed by atoms with Crippen molar-refractivity contribution in [3.8, 4) is 11.6 Å². The number of carbonyl (C=O) groups excluding carboxylic acids is 3. The first-order valence-corrected chi connectivity index (χ1v) is 10.7. The van der Waals surface area contributed by atoms with Gasteiger partial charge in [-0.25, -0.2) is 0 Å². The zero-order chi connectivity index (χ0) is 23.2. The molecule has 0 amide bonds. The van der Waals surface area contributed by atoms with E-state index in [4.69, 9.17) is 9.47 Å². The highest BCUT2D eigenvalue weighted by Gasteiger charge is 2.33. The lowest BCUT2D eigenvalue weighted by Crippen LogP contribution is -2.34. The fourth-order valence-corrected chi connectivity index (χ4v) is 3.21. The number of ketones is 2. The molecule has 2 aromatic rings. The van der Waals surface area contributed by atoms with E-state index in [1.54, 1.807) is 22.9 Å². The van der Waals surface area contributed by atoms with Gasteiger partial charge in [0.25, 0.3) is 0 Å². The van der Waals surface area contributed by atoms with Crippen LogP contribution in [-0.2, 0) is 19.8 Å². The topological polar surface area (TPSA) is 74.6 Å². The molecule has 0 aliphatic rings. The second kappa shape index (κ2) is 10.4. The number of benzene rings is 1. The van der Waals surface area contributed by atoms with Crippen molar-refractivity contribution in [3.05, 3.63) is 48.2 Å². The molecule has 0 aliphatic carbocycles. The van der Waals surface area contributed by atoms with Gasteiger partial charge in [0.2, 0.25) is 5.88 Å². The molecule has 1 atom stereocenters. The van der Waals surface area contributed by atoms with Crippen LogP contribution in [0.5, 0.6) is 11.6 Å². The van der Waals surface area contributed by atoms with Crippen LogP contribution < -0.4 is 9.47 Å². The van der Waals surface area contributed by atoms with Gasteiger partial charge in [0, 0.05) is 24.7 Å². The summed E-state index contributed by atoms with van der Waals surface area (Å²) in [5.41, 5.74) is 1.28. The predicted octanol–water partition coefficient (Wildman–Crippen LogP) is 4.91. The number of rotatable bonds is 10. The van der Waals surface area contributed by atoms with Gasteiger partial charge in [0.05, 0.1) is 6.61 Å². The van der Waals surface area contributed by atoms with Crippen LogP contribution in [0.3, 0.4) is 0 Å². The lowest BCUT2D eigenvalue weighted by molar-refractivity contribution is -0.148. The van der Waals surface area contributed by atoms with E-state index in [0.29, 0.717) is 18.9 Å². The van der Waals surface area contributed by atoms with Crippen molar-refractivity contribution < 1.29 is 23.9 Å². The highest BCUT2D eigenvalue weighted by Crippen LogP contribution is 2.24. The largest absolute Gasteiger partial charge is 0.494 e. The summed E-state index contributed by atoms with van der Waals surface area (Å²) in [5.74, 6) is -2.18. The van der Waals surface area contributed by atoms with Crippen LogP contribution >= 0.6 is 0 Å². The van der Waals surface area contributed by atoms with Crippen LogP contribution in [0, 0.1) is 5.92 Å². The van der Waals surface area contributed by atoms with Crippen LogP contribution in [0.1, 0.15) is 66.0 Å². The fourth-order valence-electron chi connectivity index (χ4n) is 3.21. The second-order valence-electron chi connectivity index (χ2n) is 9.00. The average Bonchev–Trinajstić information content (AvgIpc) is 3.13. The molecule has 1 aromatic heterocycles. The summed E-state index contributed by atoms with van der Waals surface area (Å²) in [6, 6.07) is 11.3. The molecular weight excluding hydrogens is 394 g/mol. The second-order valence-corrected chi connectivity index (χ2v) is 9.00. The summed E-state index contributed by atoms with van der Waals surface area (Å²) >= 11 is 0. The molecule has 6 heteroatoms. The molecule has 0 N–H and O–H groups in total. The minimum absolute atomic E-state index is 0.0601. The van der Waals surface area contributed by atoms with Gasteiger partial charge >= 0.3 is 5.97 Å². The number of nitrogens with zero attached hydrogens (tertiary/aromatic N) is 1. The van der Waals surface area contributed by atoms with E-state index < -0.39 is 23.5 Å². The van der Waals surface area contributed by atoms with Crippen LogP contribution in [0.15, 0.2) is 42.6 Å². The monoisotopic (exact) mass is 427 g/mol. The van der Waals surface area contributed by atoms with Crippen molar-refractivity contribution in [2.45, 2.75) is 65.8 Å². The molecule has 2 rings (SSSR count). The maximum absolute atomic E-state index is 12.6. The molecular formula is C25H33NO5. The first-order chi connectivity index (χ1) is 14.5. The van der Waals surface area contributed by atoms with E-state index in [2.05, 4.69) is 20.8 Å². The van der Waals surface area contributed by atoms with Crippen molar-refractivity contribution in [2.24, 2.45) is 5.92 Å². The number of esters is 1. The zero-order valence-electron chi connectivity index (χ0n) is 19.3. The van der Waals surface area contributed by atoms with Gasteiger partial charge in [0.15, 0.2) is 17.5 Å². The normalized spacial score (nSPS) is 12.5. The number of ether oxygens (including phenoxy) is 2. The van der Waals surface area contributed by atoms with Crippen molar-refractivity contribution in [2.75, 3.05) is 6.61 Å². The Morgan fingerprint density at radius 3 is 2.23 bits per heavy atom. The first-order valence-electron chi connectivity index (χ1n) is 10.7. The minimum Gasteiger partial charge on any atom is -0.494 e. The molecule has 0 aliphatic heterocycles. The molecule has 6 nitrogen and oxygen atoms in total. The number of Topliss-reactive ketones (excluding diaryl/α,β-unsaturated/α-hetero) is 2. The summed E-state index contributed by atoms with van der Waals surface area (Å²) in [6.07, 6.45) is 2.24. The predicted molar refractivity (Wildman–Crippen MR) is 120 cm³/mol. The molecule has 168 valence electrons. The van der Waals surface area contributed by atoms with Crippen molar-refractivity contribution in [3.63, 3.8) is 0 Å². The van der Waals surface area contributed by atoms with Crippen LogP contribution in [0.4, 0.5) is 0 Å². The maximum atomic E-state index is 12.6. The molecule has 0 saturated carbocycles. The highest BCUT2D eigenvalue weighted by molar-refractivity contribution is 6.16. The fraction of sp³-hybridized carbons (Fsp3) is 0.480. The molecule has 0 fully saturated rings. The van der Waals surface area contributed by atoms with Crippen molar-refractivity contribution in [1.82, 2.24) is 4.57 Å². The van der Waals surface area contributed by atoms with Crippen molar-refractivity contribution in [1.29, 1.82) is 0 Å². The van der Waals surface area contributed by atoms with E-state index in [1.807, 2.05) is 38.1 Å². The van der Waals surface area contributed by atoms with Gasteiger partial charge in [-0.1, -0.05) is 32.9 Å². The summed E-state index contributed by atoms with van der Waals surface area (Å²) in [4.78, 5) is 37.1. The summed E-state index contributed by atoms with van der Waals surface area (Å²) < 4.78 is 12.8. The Hall–Kier alpha value is -2.89. The summed E-state index contributed by atoms with van der Waals surface area (Å²) in [7, 11) is 0. The Morgan fingerprint density at radius 1 is 1.03 bits per heavy atom. The van der Waals surface area contributed by atoms with Crippen LogP contribution in [0.2, 0.25) is 0 Å². The first kappa shape index (κ1) is 24.4. The van der Waals surface area contributed by atoms with Gasteiger partial charge in [0.1, 0.15) is 5.75 Å². The van der Waals surface area contributed by atoms with Gasteiger partial charge in [-0.05, 0) is 56.4 Å². The van der Waals surface area contributed by atoms with Gasteiger partial charge in [-0.15, -0.1) is 0 Å². The third kappa shape index (κ3) is 6.81. The lowest BCUT2D eigenvalue weighted by Gasteiger charge is -2.19. The average molecular weight is 428 g/mol. The third-order valence-electron chi connectivity index (χ3n) is 5.02. The van der Waals surface area contributed by atoms with E-state index in [0.717, 1.165) is 5.75 Å².